The van der Waals surface area contributed by atoms with E-state index in [1.165, 1.54) is 0 Å². The molecule has 29 heavy (non-hydrogen) atoms. The van der Waals surface area contributed by atoms with E-state index in [0.29, 0.717) is 23.9 Å². The molecule has 0 aliphatic heterocycles. The number of guanidine groups is 1. The SMILES string of the molecule is CCc1nncn1CCNC(=NC)NCCS(=O)(=O)c1ccc(C(C)(C)C)cc1. The van der Waals surface area contributed by atoms with E-state index >= 15 is 0 Å². The highest BCUT2D eigenvalue weighted by molar-refractivity contribution is 7.91. The number of sulfone groups is 1. The monoisotopic (exact) mass is 420 g/mol. The summed E-state index contributed by atoms with van der Waals surface area (Å²) in [4.78, 5) is 4.48. The Balaban J connectivity index is 1.83. The first kappa shape index (κ1) is 22.9. The van der Waals surface area contributed by atoms with E-state index in [9.17, 15) is 8.42 Å². The fourth-order valence-electron chi connectivity index (χ4n) is 2.84. The van der Waals surface area contributed by atoms with Crippen molar-refractivity contribution < 1.29 is 8.42 Å². The maximum atomic E-state index is 12.6. The van der Waals surface area contributed by atoms with Crippen molar-refractivity contribution in [3.05, 3.63) is 42.0 Å². The van der Waals surface area contributed by atoms with E-state index in [4.69, 9.17) is 0 Å². The lowest BCUT2D eigenvalue weighted by atomic mass is 9.87. The van der Waals surface area contributed by atoms with Crippen molar-refractivity contribution in [1.82, 2.24) is 25.4 Å². The van der Waals surface area contributed by atoms with Gasteiger partial charge in [0.05, 0.1) is 10.6 Å². The maximum Gasteiger partial charge on any atom is 0.191 e. The Labute approximate surface area is 173 Å². The van der Waals surface area contributed by atoms with E-state index < -0.39 is 9.84 Å². The summed E-state index contributed by atoms with van der Waals surface area (Å²) in [6, 6.07) is 7.15. The van der Waals surface area contributed by atoms with Gasteiger partial charge in [0.15, 0.2) is 15.8 Å². The van der Waals surface area contributed by atoms with Gasteiger partial charge in [0, 0.05) is 33.1 Å². The van der Waals surface area contributed by atoms with Gasteiger partial charge in [-0.05, 0) is 23.1 Å². The highest BCUT2D eigenvalue weighted by Gasteiger charge is 2.17. The summed E-state index contributed by atoms with van der Waals surface area (Å²) in [5.41, 5.74) is 1.10. The topological polar surface area (TPSA) is 101 Å². The second kappa shape index (κ2) is 9.87. The number of rotatable bonds is 8. The van der Waals surface area contributed by atoms with Gasteiger partial charge < -0.3 is 15.2 Å². The average Bonchev–Trinajstić information content (AvgIpc) is 3.13. The number of hydrogen-bond donors (Lipinski definition) is 2. The Kier molecular flexibility index (Phi) is 7.78. The van der Waals surface area contributed by atoms with Crippen LogP contribution in [0.25, 0.3) is 0 Å². The summed E-state index contributed by atoms with van der Waals surface area (Å²) >= 11 is 0. The molecule has 0 unspecified atom stereocenters. The van der Waals surface area contributed by atoms with Gasteiger partial charge in [-0.15, -0.1) is 10.2 Å². The summed E-state index contributed by atoms with van der Waals surface area (Å²) < 4.78 is 27.1. The molecule has 0 saturated heterocycles. The molecule has 0 bridgehead atoms. The van der Waals surface area contributed by atoms with Gasteiger partial charge >= 0.3 is 0 Å². The van der Waals surface area contributed by atoms with Crippen LogP contribution in [0.15, 0.2) is 40.5 Å². The van der Waals surface area contributed by atoms with Crippen molar-refractivity contribution in [1.29, 1.82) is 0 Å². The fourth-order valence-corrected chi connectivity index (χ4v) is 4.00. The highest BCUT2D eigenvalue weighted by atomic mass is 32.2. The number of hydrogen-bond acceptors (Lipinski definition) is 5. The molecule has 160 valence electrons. The van der Waals surface area contributed by atoms with E-state index in [1.54, 1.807) is 25.5 Å². The molecule has 0 aliphatic rings. The molecule has 9 heteroatoms. The van der Waals surface area contributed by atoms with Gasteiger partial charge in [-0.3, -0.25) is 4.99 Å². The fraction of sp³-hybridized carbons (Fsp3) is 0.550. The van der Waals surface area contributed by atoms with Crippen LogP contribution in [0.5, 0.6) is 0 Å². The standard InChI is InChI=1S/C20H32N6O2S/c1-6-18-25-24-15-26(18)13-11-22-19(21-5)23-12-14-29(27,28)17-9-7-16(8-10-17)20(2,3)4/h7-10,15H,6,11-14H2,1-5H3,(H2,21,22,23). The molecule has 8 nitrogen and oxygen atoms in total. The molecule has 0 spiro atoms. The number of nitrogens with zero attached hydrogens (tertiary/aromatic N) is 4. The van der Waals surface area contributed by atoms with Crippen LogP contribution in [0.1, 0.15) is 39.1 Å². The summed E-state index contributed by atoms with van der Waals surface area (Å²) in [6.07, 6.45) is 2.52. The Morgan fingerprint density at radius 2 is 1.79 bits per heavy atom. The Morgan fingerprint density at radius 3 is 2.38 bits per heavy atom. The van der Waals surface area contributed by atoms with E-state index in [1.807, 2.05) is 23.6 Å². The molecular weight excluding hydrogens is 388 g/mol. The van der Waals surface area contributed by atoms with Crippen LogP contribution in [0, 0.1) is 0 Å². The van der Waals surface area contributed by atoms with Crippen molar-refractivity contribution in [2.45, 2.75) is 51.0 Å². The first-order chi connectivity index (χ1) is 13.7. The van der Waals surface area contributed by atoms with Crippen LogP contribution < -0.4 is 10.6 Å². The molecule has 0 atom stereocenters. The number of aryl methyl sites for hydroxylation is 1. The number of aromatic nitrogens is 3. The summed E-state index contributed by atoms with van der Waals surface area (Å²) in [7, 11) is -1.70. The third kappa shape index (κ3) is 6.56. The van der Waals surface area contributed by atoms with Gasteiger partial charge in [0.25, 0.3) is 0 Å². The van der Waals surface area contributed by atoms with Crippen molar-refractivity contribution in [2.75, 3.05) is 25.9 Å². The van der Waals surface area contributed by atoms with Gasteiger partial charge in [-0.2, -0.15) is 0 Å². The van der Waals surface area contributed by atoms with Crippen LogP contribution in [0.2, 0.25) is 0 Å². The van der Waals surface area contributed by atoms with E-state index in [-0.39, 0.29) is 17.7 Å². The number of nitrogens with one attached hydrogen (secondary N) is 2. The molecule has 2 aromatic rings. The lowest BCUT2D eigenvalue weighted by Crippen LogP contribution is -2.40. The van der Waals surface area contributed by atoms with Crippen LogP contribution in [0.3, 0.4) is 0 Å². The molecule has 0 fully saturated rings. The third-order valence-corrected chi connectivity index (χ3v) is 6.36. The first-order valence-electron chi connectivity index (χ1n) is 9.82. The number of benzene rings is 1. The van der Waals surface area contributed by atoms with Crippen LogP contribution in [-0.4, -0.2) is 55.0 Å². The largest absolute Gasteiger partial charge is 0.355 e. The quantitative estimate of drug-likeness (QED) is 0.499. The van der Waals surface area contributed by atoms with Crippen molar-refractivity contribution in [3.63, 3.8) is 0 Å². The van der Waals surface area contributed by atoms with Crippen LogP contribution >= 0.6 is 0 Å². The lowest BCUT2D eigenvalue weighted by molar-refractivity contribution is 0.585. The van der Waals surface area contributed by atoms with E-state index in [2.05, 4.69) is 46.6 Å². The van der Waals surface area contributed by atoms with Gasteiger partial charge in [-0.1, -0.05) is 39.8 Å². The Morgan fingerprint density at radius 1 is 1.14 bits per heavy atom. The van der Waals surface area contributed by atoms with Crippen LogP contribution in [-0.2, 0) is 28.2 Å². The molecule has 1 aromatic carbocycles. The van der Waals surface area contributed by atoms with E-state index in [0.717, 1.165) is 17.8 Å². The van der Waals surface area contributed by atoms with Crippen molar-refractivity contribution in [2.24, 2.45) is 4.99 Å². The Hall–Kier alpha value is -2.42. The average molecular weight is 421 g/mol. The zero-order chi connectivity index (χ0) is 21.5. The molecule has 0 aliphatic carbocycles. The predicted molar refractivity (Wildman–Crippen MR) is 116 cm³/mol. The Bertz CT molecular complexity index is 911. The highest BCUT2D eigenvalue weighted by Crippen LogP contribution is 2.23. The molecule has 2 rings (SSSR count). The minimum Gasteiger partial charge on any atom is -0.355 e. The maximum absolute atomic E-state index is 12.6. The summed E-state index contributed by atoms with van der Waals surface area (Å²) in [5.74, 6) is 1.49. The molecular formula is C20H32N6O2S. The molecule has 2 N–H and O–H groups in total. The molecule has 1 aromatic heterocycles. The molecule has 1 heterocycles. The number of aliphatic imine (C=N–C) groups is 1. The molecule has 0 radical (unpaired) electrons. The minimum atomic E-state index is -3.36. The zero-order valence-electron chi connectivity index (χ0n) is 17.9. The molecule has 0 saturated carbocycles. The van der Waals surface area contributed by atoms with Crippen LogP contribution in [0.4, 0.5) is 0 Å². The first-order valence-corrected chi connectivity index (χ1v) is 11.5. The van der Waals surface area contributed by atoms with Crippen molar-refractivity contribution in [3.8, 4) is 0 Å². The van der Waals surface area contributed by atoms with Gasteiger partial charge in [0.1, 0.15) is 12.2 Å². The van der Waals surface area contributed by atoms with Crippen molar-refractivity contribution >= 4 is 15.8 Å². The molecule has 0 amide bonds. The minimum absolute atomic E-state index is 0.00596. The van der Waals surface area contributed by atoms with Gasteiger partial charge in [0.2, 0.25) is 0 Å². The normalized spacial score (nSPS) is 12.8. The lowest BCUT2D eigenvalue weighted by Gasteiger charge is -2.19. The second-order valence-electron chi connectivity index (χ2n) is 7.81. The zero-order valence-corrected chi connectivity index (χ0v) is 18.8. The van der Waals surface area contributed by atoms with Gasteiger partial charge in [-0.25, -0.2) is 8.42 Å². The smallest absolute Gasteiger partial charge is 0.191 e. The predicted octanol–water partition coefficient (Wildman–Crippen LogP) is 1.78. The summed E-state index contributed by atoms with van der Waals surface area (Å²) in [5, 5.41) is 14.2. The summed E-state index contributed by atoms with van der Waals surface area (Å²) in [6.45, 7) is 9.95. The third-order valence-electron chi connectivity index (χ3n) is 4.62. The second-order valence-corrected chi connectivity index (χ2v) is 9.92.